The summed E-state index contributed by atoms with van der Waals surface area (Å²) in [5.74, 6) is 1.94. The zero-order valence-electron chi connectivity index (χ0n) is 18.3. The van der Waals surface area contributed by atoms with Crippen molar-refractivity contribution in [3.63, 3.8) is 0 Å². The maximum Gasteiger partial charge on any atom is 0.240 e. The van der Waals surface area contributed by atoms with Gasteiger partial charge in [0.15, 0.2) is 5.13 Å². The molecule has 1 atom stereocenters. The second-order valence-electron chi connectivity index (χ2n) is 8.27. The van der Waals surface area contributed by atoms with Crippen molar-refractivity contribution in [2.24, 2.45) is 5.73 Å². The number of amides is 1. The van der Waals surface area contributed by atoms with Crippen LogP contribution in [0.3, 0.4) is 0 Å². The van der Waals surface area contributed by atoms with Crippen molar-refractivity contribution in [2.75, 3.05) is 55.8 Å². The highest BCUT2D eigenvalue weighted by Crippen LogP contribution is 2.28. The van der Waals surface area contributed by atoms with E-state index in [1.165, 1.54) is 0 Å². The molecule has 1 aromatic carbocycles. The number of piperazine rings is 1. The molecule has 2 aromatic rings. The molecule has 2 aliphatic heterocycles. The first-order valence-corrected chi connectivity index (χ1v) is 13.2. The average molecular weight is 471 g/mol. The molecule has 3 heterocycles. The van der Waals surface area contributed by atoms with E-state index in [0.29, 0.717) is 5.56 Å². The van der Waals surface area contributed by atoms with Gasteiger partial charge in [-0.05, 0) is 31.5 Å². The van der Waals surface area contributed by atoms with Crippen molar-refractivity contribution < 1.29 is 4.79 Å². The summed E-state index contributed by atoms with van der Waals surface area (Å²) in [6.45, 7) is 5.91. The van der Waals surface area contributed by atoms with E-state index in [9.17, 15) is 4.79 Å². The van der Waals surface area contributed by atoms with E-state index in [2.05, 4.69) is 21.2 Å². The van der Waals surface area contributed by atoms with Crippen LogP contribution in [0.15, 0.2) is 29.6 Å². The monoisotopic (exact) mass is 470 g/mol. The highest BCUT2D eigenvalue weighted by atomic mass is 32.2. The molecule has 0 spiro atoms. The van der Waals surface area contributed by atoms with E-state index >= 15 is 0 Å². The molecule has 2 N–H and O–H groups in total. The molecule has 2 saturated heterocycles. The van der Waals surface area contributed by atoms with E-state index in [-0.39, 0.29) is 11.9 Å². The Kier molecular flexibility index (Phi) is 8.03. The molecule has 2 aliphatic rings. The summed E-state index contributed by atoms with van der Waals surface area (Å²) in [5, 5.41) is 12.1. The molecule has 0 unspecified atom stereocenters. The molecule has 170 valence electrons. The second-order valence-corrected chi connectivity index (χ2v) is 10.2. The Morgan fingerprint density at radius 1 is 1.16 bits per heavy atom. The van der Waals surface area contributed by atoms with Crippen LogP contribution in [-0.4, -0.2) is 77.6 Å². The molecule has 0 aliphatic carbocycles. The Hall–Kier alpha value is -2.12. The molecular formula is C23H30N6OS2. The van der Waals surface area contributed by atoms with Crippen molar-refractivity contribution in [3.05, 3.63) is 35.2 Å². The van der Waals surface area contributed by atoms with Crippen molar-refractivity contribution in [1.29, 1.82) is 5.26 Å². The highest BCUT2D eigenvalue weighted by molar-refractivity contribution is 7.99. The number of thiazole rings is 1. The first-order chi connectivity index (χ1) is 15.6. The van der Waals surface area contributed by atoms with Crippen molar-refractivity contribution in [1.82, 2.24) is 14.8 Å². The van der Waals surface area contributed by atoms with Gasteiger partial charge in [0.05, 0.1) is 29.2 Å². The Bertz CT molecular complexity index is 927. The van der Waals surface area contributed by atoms with Gasteiger partial charge in [-0.3, -0.25) is 9.69 Å². The van der Waals surface area contributed by atoms with Crippen LogP contribution in [0.25, 0.3) is 11.3 Å². The van der Waals surface area contributed by atoms with Crippen LogP contribution >= 0.6 is 23.1 Å². The largest absolute Gasteiger partial charge is 0.346 e. The summed E-state index contributed by atoms with van der Waals surface area (Å²) in [4.78, 5) is 23.9. The minimum atomic E-state index is -0.347. The number of hydrogen-bond donors (Lipinski definition) is 1. The van der Waals surface area contributed by atoms with Gasteiger partial charge in [-0.1, -0.05) is 18.6 Å². The molecule has 1 amide bonds. The van der Waals surface area contributed by atoms with Gasteiger partial charge in [-0.15, -0.1) is 23.1 Å². The predicted molar refractivity (Wildman–Crippen MR) is 132 cm³/mol. The number of nitrogens with zero attached hydrogens (tertiary/aromatic N) is 5. The number of anilines is 1. The number of carbonyl (C=O) groups is 1. The smallest absolute Gasteiger partial charge is 0.240 e. The third-order valence-electron chi connectivity index (χ3n) is 6.07. The molecule has 0 bridgehead atoms. The number of unbranched alkanes of at least 4 members (excludes halogenated alkanes) is 1. The lowest BCUT2D eigenvalue weighted by Crippen LogP contribution is -2.46. The van der Waals surface area contributed by atoms with Crippen LogP contribution < -0.4 is 10.6 Å². The van der Waals surface area contributed by atoms with Crippen molar-refractivity contribution in [2.45, 2.75) is 25.3 Å². The highest BCUT2D eigenvalue weighted by Gasteiger charge is 2.24. The van der Waals surface area contributed by atoms with Gasteiger partial charge in [-0.2, -0.15) is 5.26 Å². The van der Waals surface area contributed by atoms with Crippen LogP contribution in [0.1, 0.15) is 24.8 Å². The van der Waals surface area contributed by atoms with Gasteiger partial charge >= 0.3 is 0 Å². The molecule has 2 fully saturated rings. The Labute approximate surface area is 198 Å². The molecule has 32 heavy (non-hydrogen) atoms. The number of thioether (sulfide) groups is 1. The molecule has 4 rings (SSSR count). The quantitative estimate of drug-likeness (QED) is 0.594. The average Bonchev–Trinajstić information content (AvgIpc) is 3.54. The Balaban J connectivity index is 1.16. The van der Waals surface area contributed by atoms with E-state index < -0.39 is 0 Å². The summed E-state index contributed by atoms with van der Waals surface area (Å²) in [5.41, 5.74) is 8.80. The molecule has 1 aromatic heterocycles. The topological polar surface area (TPSA) is 89.5 Å². The Morgan fingerprint density at radius 2 is 1.94 bits per heavy atom. The zero-order chi connectivity index (χ0) is 22.3. The van der Waals surface area contributed by atoms with E-state index in [0.717, 1.165) is 86.5 Å². The Morgan fingerprint density at radius 3 is 2.62 bits per heavy atom. The molecule has 0 saturated carbocycles. The third kappa shape index (κ3) is 5.81. The van der Waals surface area contributed by atoms with Crippen molar-refractivity contribution >= 4 is 34.1 Å². The van der Waals surface area contributed by atoms with Crippen LogP contribution in [0.2, 0.25) is 0 Å². The maximum absolute atomic E-state index is 12.3. The van der Waals surface area contributed by atoms with Gasteiger partial charge < -0.3 is 15.5 Å². The predicted octanol–water partition coefficient (Wildman–Crippen LogP) is 2.83. The van der Waals surface area contributed by atoms with Crippen molar-refractivity contribution in [3.8, 4) is 17.3 Å². The van der Waals surface area contributed by atoms with E-state index in [1.807, 2.05) is 29.2 Å². The minimum Gasteiger partial charge on any atom is -0.346 e. The van der Waals surface area contributed by atoms with Crippen LogP contribution in [0.4, 0.5) is 5.13 Å². The summed E-state index contributed by atoms with van der Waals surface area (Å²) >= 11 is 3.48. The fourth-order valence-corrected chi connectivity index (χ4v) is 5.91. The van der Waals surface area contributed by atoms with Gasteiger partial charge in [0.2, 0.25) is 5.91 Å². The lowest BCUT2D eigenvalue weighted by atomic mass is 10.1. The zero-order valence-corrected chi connectivity index (χ0v) is 19.9. The summed E-state index contributed by atoms with van der Waals surface area (Å²) < 4.78 is 0. The SMILES string of the molecule is N#Cc1ccc(-c2csc(N3CCN(CCCC[C@H](N)C(=O)N4CCSC4)CC3)n2)cc1. The number of hydrogen-bond acceptors (Lipinski definition) is 8. The van der Waals surface area contributed by atoms with E-state index in [1.54, 1.807) is 23.1 Å². The molecule has 7 nitrogen and oxygen atoms in total. The fourth-order valence-electron chi connectivity index (χ4n) is 4.07. The second kappa shape index (κ2) is 11.1. The summed E-state index contributed by atoms with van der Waals surface area (Å²) in [7, 11) is 0. The van der Waals surface area contributed by atoms with Crippen LogP contribution in [-0.2, 0) is 4.79 Å². The summed E-state index contributed by atoms with van der Waals surface area (Å²) in [6, 6.07) is 9.39. The third-order valence-corrected chi connectivity index (χ3v) is 7.93. The number of carbonyl (C=O) groups excluding carboxylic acids is 1. The molecular weight excluding hydrogens is 440 g/mol. The minimum absolute atomic E-state index is 0.118. The van der Waals surface area contributed by atoms with Gasteiger partial charge in [0, 0.05) is 49.4 Å². The number of rotatable bonds is 8. The van der Waals surface area contributed by atoms with Gasteiger partial charge in [0.1, 0.15) is 0 Å². The molecule has 0 radical (unpaired) electrons. The number of benzene rings is 1. The fraction of sp³-hybridized carbons (Fsp3) is 0.522. The number of nitrogens with two attached hydrogens (primary N) is 1. The van der Waals surface area contributed by atoms with Crippen LogP contribution in [0.5, 0.6) is 0 Å². The van der Waals surface area contributed by atoms with Gasteiger partial charge in [0.25, 0.3) is 0 Å². The maximum atomic E-state index is 12.3. The normalized spacial score (nSPS) is 18.0. The first-order valence-electron chi connectivity index (χ1n) is 11.2. The number of aromatic nitrogens is 1. The van der Waals surface area contributed by atoms with Crippen LogP contribution in [0, 0.1) is 11.3 Å². The molecule has 9 heteroatoms. The number of nitriles is 1. The standard InChI is InChI=1S/C23H30N6OS2/c24-15-18-4-6-19(7-5-18)21-16-32-23(26-21)28-11-9-27(10-12-28)8-2-1-3-20(25)22(30)29-13-14-31-17-29/h4-7,16,20H,1-3,8-14,17,25H2/t20-/m0/s1. The first kappa shape index (κ1) is 23.1. The van der Waals surface area contributed by atoms with E-state index in [4.69, 9.17) is 16.0 Å². The lowest BCUT2D eigenvalue weighted by molar-refractivity contribution is -0.131. The van der Waals surface area contributed by atoms with Gasteiger partial charge in [-0.25, -0.2) is 4.98 Å². The lowest BCUT2D eigenvalue weighted by Gasteiger charge is -2.34. The summed E-state index contributed by atoms with van der Waals surface area (Å²) in [6.07, 6.45) is 2.85.